The van der Waals surface area contributed by atoms with Gasteiger partial charge in [-0.1, -0.05) is 11.8 Å². The monoisotopic (exact) mass is 128 g/mol. The lowest BCUT2D eigenvalue weighted by molar-refractivity contribution is 0.686. The van der Waals surface area contributed by atoms with E-state index in [0.717, 1.165) is 5.16 Å². The Morgan fingerprint density at radius 2 is 2.62 bits per heavy atom. The van der Waals surface area contributed by atoms with Crippen LogP contribution in [0.1, 0.15) is 0 Å². The summed E-state index contributed by atoms with van der Waals surface area (Å²) in [5, 5.41) is 4.67. The van der Waals surface area contributed by atoms with E-state index in [4.69, 9.17) is 0 Å². The average Bonchev–Trinajstić information content (AvgIpc) is 2.14. The highest BCUT2D eigenvalue weighted by atomic mass is 32.2. The van der Waals surface area contributed by atoms with Crippen molar-refractivity contribution in [3.8, 4) is 0 Å². The van der Waals surface area contributed by atoms with Crippen LogP contribution < -0.4 is 0 Å². The first-order chi connectivity index (χ1) is 3.84. The Labute approximate surface area is 52.1 Å². The summed E-state index contributed by atoms with van der Waals surface area (Å²) in [6, 6.07) is 0. The molecular formula is C4H6N3S. The Balaban J connectivity index is 2.92. The van der Waals surface area contributed by atoms with Crippen LogP contribution in [0.3, 0.4) is 0 Å². The van der Waals surface area contributed by atoms with Crippen LogP contribution in [0.5, 0.6) is 0 Å². The molecule has 0 saturated heterocycles. The second-order valence-electron chi connectivity index (χ2n) is 1.31. The summed E-state index contributed by atoms with van der Waals surface area (Å²) in [5.74, 6) is 0. The molecule has 8 heavy (non-hydrogen) atoms. The predicted octanol–water partition coefficient (Wildman–Crippen LogP) is 0.699. The number of hydrogen-bond donors (Lipinski definition) is 0. The molecule has 0 bridgehead atoms. The molecule has 0 aromatic carbocycles. The number of hydrogen-bond acceptors (Lipinski definition) is 3. The number of rotatable bonds is 1. The largest absolute Gasteiger partial charge is 0.244 e. The predicted molar refractivity (Wildman–Crippen MR) is 32.2 cm³/mol. The van der Waals surface area contributed by atoms with Crippen LogP contribution in [-0.4, -0.2) is 14.8 Å². The maximum atomic E-state index is 3.89. The first-order valence-corrected chi connectivity index (χ1v) is 3.09. The molecule has 0 fully saturated rings. The number of aryl methyl sites for hydroxylation is 1. The maximum Gasteiger partial charge on any atom is 0.185 e. The summed E-state index contributed by atoms with van der Waals surface area (Å²) in [5.41, 5.74) is 0. The lowest BCUT2D eigenvalue weighted by atomic mass is 11.2. The fourth-order valence-electron chi connectivity index (χ4n) is 0.416. The highest BCUT2D eigenvalue weighted by Gasteiger charge is 1.93. The smallest absolute Gasteiger partial charge is 0.185 e. The van der Waals surface area contributed by atoms with E-state index in [9.17, 15) is 0 Å². The van der Waals surface area contributed by atoms with Crippen LogP contribution in [0.4, 0.5) is 0 Å². The molecular weight excluding hydrogens is 122 g/mol. The van der Waals surface area contributed by atoms with Crippen LogP contribution in [0.25, 0.3) is 0 Å². The summed E-state index contributed by atoms with van der Waals surface area (Å²) in [6.45, 7) is 0. The molecule has 0 unspecified atom stereocenters. The lowest BCUT2D eigenvalue weighted by Crippen LogP contribution is -1.90. The zero-order valence-electron chi connectivity index (χ0n) is 4.53. The van der Waals surface area contributed by atoms with Gasteiger partial charge in [-0.3, -0.25) is 0 Å². The standard InChI is InChI=1S/C4H6N3S/c1-7-4(8-2)5-3-6-7/h3H,2H2,1H3. The molecule has 0 aliphatic rings. The molecule has 0 N–H and O–H groups in total. The molecule has 1 radical (unpaired) electrons. The molecule has 1 aromatic heterocycles. The average molecular weight is 128 g/mol. The van der Waals surface area contributed by atoms with E-state index in [2.05, 4.69) is 16.3 Å². The van der Waals surface area contributed by atoms with Gasteiger partial charge in [-0.25, -0.2) is 9.67 Å². The van der Waals surface area contributed by atoms with E-state index in [1.165, 1.54) is 18.1 Å². The lowest BCUT2D eigenvalue weighted by Gasteiger charge is -1.89. The Morgan fingerprint density at radius 3 is 2.88 bits per heavy atom. The van der Waals surface area contributed by atoms with Crippen molar-refractivity contribution in [3.05, 3.63) is 12.6 Å². The van der Waals surface area contributed by atoms with Crippen LogP contribution in [0, 0.1) is 6.26 Å². The quantitative estimate of drug-likeness (QED) is 0.521. The van der Waals surface area contributed by atoms with Gasteiger partial charge in [0.25, 0.3) is 0 Å². The van der Waals surface area contributed by atoms with Crippen molar-refractivity contribution in [3.63, 3.8) is 0 Å². The Kier molecular flexibility index (Phi) is 1.53. The number of nitrogens with zero attached hydrogens (tertiary/aromatic N) is 3. The molecule has 3 nitrogen and oxygen atoms in total. The van der Waals surface area contributed by atoms with Crippen molar-refractivity contribution in [2.24, 2.45) is 7.05 Å². The molecule has 1 rings (SSSR count). The first kappa shape index (κ1) is 5.62. The van der Waals surface area contributed by atoms with Gasteiger partial charge >= 0.3 is 0 Å². The summed E-state index contributed by atoms with van der Waals surface area (Å²) < 4.78 is 1.68. The molecule has 0 saturated carbocycles. The minimum Gasteiger partial charge on any atom is -0.244 e. The molecule has 0 aliphatic carbocycles. The third-order valence-electron chi connectivity index (χ3n) is 0.799. The van der Waals surface area contributed by atoms with Gasteiger partial charge in [-0.2, -0.15) is 5.10 Å². The molecule has 1 aromatic rings. The molecule has 0 spiro atoms. The van der Waals surface area contributed by atoms with Gasteiger partial charge in [0, 0.05) is 13.3 Å². The fourth-order valence-corrected chi connectivity index (χ4v) is 0.772. The van der Waals surface area contributed by atoms with Gasteiger partial charge in [-0.15, -0.1) is 0 Å². The Bertz CT molecular complexity index is 172. The van der Waals surface area contributed by atoms with Crippen LogP contribution >= 0.6 is 11.8 Å². The van der Waals surface area contributed by atoms with Crippen LogP contribution in [0.15, 0.2) is 11.5 Å². The Morgan fingerprint density at radius 1 is 1.88 bits per heavy atom. The van der Waals surface area contributed by atoms with E-state index >= 15 is 0 Å². The zero-order chi connectivity index (χ0) is 5.98. The molecule has 43 valence electrons. The third kappa shape index (κ3) is 0.838. The van der Waals surface area contributed by atoms with Crippen molar-refractivity contribution in [1.82, 2.24) is 14.8 Å². The van der Waals surface area contributed by atoms with Gasteiger partial charge in [0.05, 0.1) is 0 Å². The Hall–Kier alpha value is -0.510. The van der Waals surface area contributed by atoms with Gasteiger partial charge in [0.2, 0.25) is 0 Å². The van der Waals surface area contributed by atoms with Gasteiger partial charge < -0.3 is 0 Å². The van der Waals surface area contributed by atoms with E-state index < -0.39 is 0 Å². The van der Waals surface area contributed by atoms with Crippen molar-refractivity contribution in [2.45, 2.75) is 5.16 Å². The topological polar surface area (TPSA) is 30.7 Å². The van der Waals surface area contributed by atoms with Crippen molar-refractivity contribution >= 4 is 11.8 Å². The van der Waals surface area contributed by atoms with Gasteiger partial charge in [0.15, 0.2) is 5.16 Å². The summed E-state index contributed by atoms with van der Waals surface area (Å²) in [6.07, 6.45) is 5.09. The normalized spacial score (nSPS) is 9.75. The molecule has 0 atom stereocenters. The fraction of sp³-hybridized carbons (Fsp3) is 0.250. The first-order valence-electron chi connectivity index (χ1n) is 2.10. The van der Waals surface area contributed by atoms with Crippen LogP contribution in [-0.2, 0) is 7.05 Å². The highest BCUT2D eigenvalue weighted by molar-refractivity contribution is 8.00. The minimum absolute atomic E-state index is 0.838. The summed E-state index contributed by atoms with van der Waals surface area (Å²) in [4.78, 5) is 3.89. The second-order valence-corrected chi connectivity index (χ2v) is 1.96. The van der Waals surface area contributed by atoms with Crippen LogP contribution in [0.2, 0.25) is 0 Å². The van der Waals surface area contributed by atoms with E-state index in [0.29, 0.717) is 0 Å². The second kappa shape index (κ2) is 2.17. The number of aromatic nitrogens is 3. The maximum absolute atomic E-state index is 3.89. The summed E-state index contributed by atoms with van der Waals surface area (Å²) in [7, 11) is 1.83. The molecule has 0 aliphatic heterocycles. The highest BCUT2D eigenvalue weighted by Crippen LogP contribution is 2.08. The van der Waals surface area contributed by atoms with Gasteiger partial charge in [-0.05, 0) is 0 Å². The van der Waals surface area contributed by atoms with Crippen molar-refractivity contribution in [1.29, 1.82) is 0 Å². The minimum atomic E-state index is 0.838. The summed E-state index contributed by atoms with van der Waals surface area (Å²) >= 11 is 1.34. The van der Waals surface area contributed by atoms with E-state index in [1.54, 1.807) is 4.68 Å². The van der Waals surface area contributed by atoms with Crippen molar-refractivity contribution in [2.75, 3.05) is 0 Å². The van der Waals surface area contributed by atoms with Gasteiger partial charge in [0.1, 0.15) is 6.33 Å². The van der Waals surface area contributed by atoms with E-state index in [1.807, 2.05) is 7.05 Å². The van der Waals surface area contributed by atoms with Crippen molar-refractivity contribution < 1.29 is 0 Å². The molecule has 0 amide bonds. The molecule has 4 heteroatoms. The SMILES string of the molecule is [CH2]Sc1ncnn1C. The van der Waals surface area contributed by atoms with E-state index in [-0.39, 0.29) is 0 Å². The third-order valence-corrected chi connectivity index (χ3v) is 1.43. The number of thioether (sulfide) groups is 1. The molecule has 1 heterocycles. The zero-order valence-corrected chi connectivity index (χ0v) is 5.35.